The molecule has 3 aromatic carbocycles. The number of rotatable bonds is 7. The standard InChI is InChI=1S/2C9H10O2.C9H10.C3H5O.4C2H6.W/c2*1-10-11-8-7-9-5-3-2-4-6-9;1-2-6-9-7-4-3-5-8-9;1-3-2-4-3;4*1-2;/h2*2-8H,1H3;2-8H,1H3;2-3H,1H3;4*1-2H3;/q;;;-1;;;;;/b2*8-7-;;;;;;;. The summed E-state index contributed by atoms with van der Waals surface area (Å²) < 4.78 is 4.58. The average Bonchev–Trinajstić information content (AvgIpc) is 3.89. The van der Waals surface area contributed by atoms with Crippen LogP contribution >= 0.6 is 0 Å². The first kappa shape index (κ1) is 50.7. The molecule has 1 fully saturated rings. The Hall–Kier alpha value is -2.95. The van der Waals surface area contributed by atoms with Gasteiger partial charge in [0.05, 0.1) is 14.2 Å². The van der Waals surface area contributed by atoms with E-state index in [0.717, 1.165) is 11.1 Å². The molecule has 248 valence electrons. The second kappa shape index (κ2) is 47.0. The Morgan fingerprint density at radius 1 is 0.545 bits per heavy atom. The van der Waals surface area contributed by atoms with Crippen molar-refractivity contribution < 1.29 is 45.4 Å². The largest absolute Gasteiger partial charge is 0.570 e. The Kier molecular flexibility index (Phi) is 54.1. The van der Waals surface area contributed by atoms with E-state index in [1.54, 1.807) is 6.61 Å². The molecule has 0 aromatic heterocycles. The molecule has 6 heteroatoms. The van der Waals surface area contributed by atoms with E-state index in [0.29, 0.717) is 6.10 Å². The topological polar surface area (TPSA) is 49.5 Å². The average molecular weight is 780 g/mol. The van der Waals surface area contributed by atoms with Gasteiger partial charge in [0.1, 0.15) is 12.5 Å². The molecule has 1 aliphatic rings. The summed E-state index contributed by atoms with van der Waals surface area (Å²) in [5.41, 5.74) is 3.44. The number of allylic oxidation sites excluding steroid dienone is 1. The fourth-order valence-corrected chi connectivity index (χ4v) is 2.29. The Labute approximate surface area is 285 Å². The Balaban J connectivity index is -0.000000145. The van der Waals surface area contributed by atoms with Gasteiger partial charge in [0.15, 0.2) is 0 Å². The van der Waals surface area contributed by atoms with E-state index in [2.05, 4.69) is 42.5 Å². The normalized spacial score (nSPS) is 11.4. The van der Waals surface area contributed by atoms with Crippen molar-refractivity contribution in [3.8, 4) is 0 Å². The molecule has 0 aliphatic carbocycles. The fraction of sp³-hybridized carbons (Fsp3) is 0.342. The van der Waals surface area contributed by atoms with Gasteiger partial charge in [-0.1, -0.05) is 172 Å². The van der Waals surface area contributed by atoms with Crippen LogP contribution in [0.25, 0.3) is 18.2 Å². The Morgan fingerprint density at radius 2 is 0.795 bits per heavy atom. The maximum absolute atomic E-state index is 4.58. The first-order chi connectivity index (χ1) is 21.2. The molecule has 0 spiro atoms. The third-order valence-corrected chi connectivity index (χ3v) is 3.99. The molecule has 4 rings (SSSR count). The van der Waals surface area contributed by atoms with Crippen molar-refractivity contribution in [1.29, 1.82) is 0 Å². The van der Waals surface area contributed by atoms with Crippen molar-refractivity contribution in [2.24, 2.45) is 0 Å². The van der Waals surface area contributed by atoms with Gasteiger partial charge in [-0.3, -0.25) is 0 Å². The molecule has 1 heterocycles. The smallest absolute Gasteiger partial charge is 0.130 e. The second-order valence-electron chi connectivity index (χ2n) is 6.84. The summed E-state index contributed by atoms with van der Waals surface area (Å²) in [5.74, 6) is 0. The van der Waals surface area contributed by atoms with E-state index in [9.17, 15) is 0 Å². The summed E-state index contributed by atoms with van der Waals surface area (Å²) in [7, 11) is 2.94. The Bertz CT molecular complexity index is 891. The van der Waals surface area contributed by atoms with Gasteiger partial charge >= 0.3 is 0 Å². The predicted octanol–water partition coefficient (Wildman–Crippen LogP) is 11.9. The first-order valence-corrected chi connectivity index (χ1v) is 15.2. The molecule has 3 aromatic rings. The molecule has 44 heavy (non-hydrogen) atoms. The predicted molar refractivity (Wildman–Crippen MR) is 189 cm³/mol. The van der Waals surface area contributed by atoms with Crippen LogP contribution in [-0.4, -0.2) is 20.3 Å². The van der Waals surface area contributed by atoms with Gasteiger partial charge in [0.25, 0.3) is 0 Å². The van der Waals surface area contributed by atoms with Crippen LogP contribution in [0.2, 0.25) is 0 Å². The molecule has 1 aliphatic heterocycles. The zero-order valence-corrected chi connectivity index (χ0v) is 32.2. The van der Waals surface area contributed by atoms with E-state index in [-0.39, 0.29) is 21.1 Å². The molecule has 0 radical (unpaired) electrons. The van der Waals surface area contributed by atoms with Crippen LogP contribution in [-0.2, 0) is 45.4 Å². The second-order valence-corrected chi connectivity index (χ2v) is 6.84. The van der Waals surface area contributed by atoms with E-state index < -0.39 is 0 Å². The van der Waals surface area contributed by atoms with Crippen LogP contribution in [0.3, 0.4) is 0 Å². The van der Waals surface area contributed by atoms with Gasteiger partial charge in [-0.2, -0.15) is 16.4 Å². The van der Waals surface area contributed by atoms with Crippen molar-refractivity contribution >= 4 is 18.2 Å². The van der Waals surface area contributed by atoms with Crippen molar-refractivity contribution in [3.05, 3.63) is 133 Å². The monoisotopic (exact) mass is 779 g/mol. The summed E-state index contributed by atoms with van der Waals surface area (Å²) in [4.78, 5) is 17.9. The number of hydrogen-bond acceptors (Lipinski definition) is 5. The van der Waals surface area contributed by atoms with Crippen LogP contribution in [0, 0.1) is 6.61 Å². The summed E-state index contributed by atoms with van der Waals surface area (Å²) >= 11 is 0. The van der Waals surface area contributed by atoms with Crippen molar-refractivity contribution in [2.45, 2.75) is 75.3 Å². The van der Waals surface area contributed by atoms with E-state index in [4.69, 9.17) is 0 Å². The zero-order valence-electron chi connectivity index (χ0n) is 29.2. The molecule has 0 amide bonds. The van der Waals surface area contributed by atoms with Crippen molar-refractivity contribution in [2.75, 3.05) is 14.2 Å². The van der Waals surface area contributed by atoms with Gasteiger partial charge in [-0.05, 0) is 35.8 Å². The SMILES string of the molecule is CC.CC.CC.CC.CC1[CH-]O1.CC=Cc1ccccc1.COO/C=C\c1ccccc1.COO/C=C\c1ccccc1.[W]. The maximum atomic E-state index is 4.58. The van der Waals surface area contributed by atoms with Crippen molar-refractivity contribution in [1.82, 2.24) is 0 Å². The van der Waals surface area contributed by atoms with Gasteiger partial charge in [0.2, 0.25) is 0 Å². The number of ether oxygens (including phenoxy) is 1. The third-order valence-electron chi connectivity index (χ3n) is 3.99. The molecule has 0 bridgehead atoms. The quantitative estimate of drug-likeness (QED) is 0.0786. The molecule has 5 nitrogen and oxygen atoms in total. The van der Waals surface area contributed by atoms with Crippen LogP contribution in [0.5, 0.6) is 0 Å². The fourth-order valence-electron chi connectivity index (χ4n) is 2.29. The van der Waals surface area contributed by atoms with Crippen LogP contribution in [0.15, 0.2) is 110 Å². The molecule has 1 atom stereocenters. The van der Waals surface area contributed by atoms with Crippen LogP contribution in [0.4, 0.5) is 0 Å². The summed E-state index contributed by atoms with van der Waals surface area (Å²) in [6.45, 7) is 21.8. The number of epoxide rings is 1. The van der Waals surface area contributed by atoms with Crippen molar-refractivity contribution in [3.63, 3.8) is 0 Å². The summed E-state index contributed by atoms with van der Waals surface area (Å²) in [6, 6.07) is 30.0. The third kappa shape index (κ3) is 41.2. The molecular weight excluding hydrogens is 720 g/mol. The number of hydrogen-bond donors (Lipinski definition) is 0. The summed E-state index contributed by atoms with van der Waals surface area (Å²) in [5, 5.41) is 0. The molecule has 0 N–H and O–H groups in total. The van der Waals surface area contributed by atoms with Gasteiger partial charge in [0, 0.05) is 21.1 Å². The molecule has 1 unspecified atom stereocenters. The van der Waals surface area contributed by atoms with Gasteiger partial charge < -0.3 is 14.5 Å². The van der Waals surface area contributed by atoms with Gasteiger partial charge in [-0.25, -0.2) is 0 Å². The van der Waals surface area contributed by atoms with Crippen LogP contribution < -0.4 is 0 Å². The van der Waals surface area contributed by atoms with E-state index >= 15 is 0 Å². The molecule has 1 saturated heterocycles. The van der Waals surface area contributed by atoms with E-state index in [1.807, 2.05) is 166 Å². The van der Waals surface area contributed by atoms with E-state index in [1.165, 1.54) is 32.3 Å². The van der Waals surface area contributed by atoms with Gasteiger partial charge in [-0.15, -0.1) is 0 Å². The first-order valence-electron chi connectivity index (χ1n) is 15.2. The minimum atomic E-state index is 0. The molecule has 0 saturated carbocycles. The molecular formula is C38H59O5W-. The zero-order chi connectivity index (χ0) is 33.4. The minimum Gasteiger partial charge on any atom is -0.570 e. The Morgan fingerprint density at radius 3 is 1.00 bits per heavy atom. The maximum Gasteiger partial charge on any atom is 0.130 e. The minimum absolute atomic E-state index is 0. The number of benzene rings is 3. The van der Waals surface area contributed by atoms with Crippen LogP contribution in [0.1, 0.15) is 85.9 Å². The summed E-state index contributed by atoms with van der Waals surface area (Å²) in [6.07, 6.45) is 11.2.